The molecule has 200 valence electrons. The number of phosphoric ester groups is 1. The van der Waals surface area contributed by atoms with Crippen LogP contribution < -0.4 is 16.1 Å². The van der Waals surface area contributed by atoms with Gasteiger partial charge in [0.1, 0.15) is 0 Å². The fourth-order valence-corrected chi connectivity index (χ4v) is 3.81. The molecule has 0 saturated heterocycles. The second-order valence-corrected chi connectivity index (χ2v) is 8.96. The third kappa shape index (κ3) is 8.37. The molecule has 0 fully saturated rings. The van der Waals surface area contributed by atoms with Gasteiger partial charge in [-0.3, -0.25) is 24.1 Å². The first-order chi connectivity index (χ1) is 17.4. The molecular weight excluding hydrogens is 511 g/mol. The van der Waals surface area contributed by atoms with Crippen molar-refractivity contribution in [3.05, 3.63) is 59.7 Å². The monoisotopic (exact) mass is 538 g/mol. The molecule has 0 radical (unpaired) electrons. The lowest BCUT2D eigenvalue weighted by molar-refractivity contribution is -0.140. The maximum absolute atomic E-state index is 12.8. The number of amides is 4. The standard InChI is InChI=1S/C22H27N4O10P/c1-23-19(27)18(20(28)25-32)26(2)21(29)16-9-5-14(6-10-16)13-3-7-15(8-4-13)17(24-22(30)31)11-12-36-37(33,34)35/h3-10,17-18,24,32H,11-12H2,1-2H3,(H,23,27)(H,25,28)(H,30,31)(H2,33,34,35). The summed E-state index contributed by atoms with van der Waals surface area (Å²) in [4.78, 5) is 66.3. The van der Waals surface area contributed by atoms with Crippen LogP contribution in [-0.4, -0.2) is 75.6 Å². The van der Waals surface area contributed by atoms with E-state index < -0.39 is 43.7 Å². The molecule has 7 N–H and O–H groups in total. The molecule has 2 unspecified atom stereocenters. The van der Waals surface area contributed by atoms with Gasteiger partial charge in [0.15, 0.2) is 6.04 Å². The van der Waals surface area contributed by atoms with Crippen LogP contribution in [-0.2, 0) is 18.7 Å². The summed E-state index contributed by atoms with van der Waals surface area (Å²) < 4.78 is 15.3. The van der Waals surface area contributed by atoms with Crippen LogP contribution in [0.4, 0.5) is 4.79 Å². The Morgan fingerprint density at radius 1 is 0.973 bits per heavy atom. The highest BCUT2D eigenvalue weighted by Crippen LogP contribution is 2.36. The van der Waals surface area contributed by atoms with Gasteiger partial charge < -0.3 is 30.4 Å². The van der Waals surface area contributed by atoms with Crippen molar-refractivity contribution >= 4 is 31.6 Å². The Kier molecular flexibility index (Phi) is 10.3. The first kappa shape index (κ1) is 29.4. The summed E-state index contributed by atoms with van der Waals surface area (Å²) in [5.41, 5.74) is 3.51. The van der Waals surface area contributed by atoms with Gasteiger partial charge in [-0.2, -0.15) is 0 Å². The Labute approximate surface area is 211 Å². The van der Waals surface area contributed by atoms with Crippen LogP contribution in [0.25, 0.3) is 11.1 Å². The maximum atomic E-state index is 12.8. The number of nitrogens with one attached hydrogen (secondary N) is 3. The lowest BCUT2D eigenvalue weighted by atomic mass is 9.98. The number of benzene rings is 2. The van der Waals surface area contributed by atoms with Gasteiger partial charge in [0.25, 0.3) is 17.7 Å². The molecule has 2 atom stereocenters. The predicted octanol–water partition coefficient (Wildman–Crippen LogP) is 0.854. The van der Waals surface area contributed by atoms with Crippen molar-refractivity contribution in [3.63, 3.8) is 0 Å². The number of likely N-dealkylation sites (N-methyl/N-ethyl adjacent to an activating group) is 2. The quantitative estimate of drug-likeness (QED) is 0.0926. The van der Waals surface area contributed by atoms with Gasteiger partial charge in [-0.15, -0.1) is 0 Å². The molecule has 4 amide bonds. The summed E-state index contributed by atoms with van der Waals surface area (Å²) in [7, 11) is -2.15. The maximum Gasteiger partial charge on any atom is 0.469 e. The van der Waals surface area contributed by atoms with Gasteiger partial charge >= 0.3 is 13.9 Å². The van der Waals surface area contributed by atoms with E-state index in [-0.39, 0.29) is 18.6 Å². The van der Waals surface area contributed by atoms with E-state index in [1.54, 1.807) is 36.4 Å². The predicted molar refractivity (Wildman–Crippen MR) is 128 cm³/mol. The van der Waals surface area contributed by atoms with E-state index in [2.05, 4.69) is 15.2 Å². The largest absolute Gasteiger partial charge is 0.469 e. The van der Waals surface area contributed by atoms with Crippen LogP contribution >= 0.6 is 7.82 Å². The topological polar surface area (TPSA) is 215 Å². The van der Waals surface area contributed by atoms with Gasteiger partial charge in [0.05, 0.1) is 12.6 Å². The van der Waals surface area contributed by atoms with Gasteiger partial charge in [-0.1, -0.05) is 36.4 Å². The number of hydrogen-bond acceptors (Lipinski definition) is 7. The van der Waals surface area contributed by atoms with Crippen molar-refractivity contribution in [2.45, 2.75) is 18.5 Å². The summed E-state index contributed by atoms with van der Waals surface area (Å²) in [6.07, 6.45) is -1.34. The Balaban J connectivity index is 2.18. The number of carbonyl (C=O) groups excluding carboxylic acids is 3. The molecule has 0 aliphatic heterocycles. The van der Waals surface area contributed by atoms with Crippen LogP contribution in [0.3, 0.4) is 0 Å². The molecule has 0 spiro atoms. The molecule has 0 heterocycles. The van der Waals surface area contributed by atoms with Crippen LogP contribution in [0.15, 0.2) is 48.5 Å². The number of carboxylic acid groups (broad SMARTS) is 1. The van der Waals surface area contributed by atoms with Crippen LogP contribution in [0.1, 0.15) is 28.4 Å². The van der Waals surface area contributed by atoms with Crippen molar-refractivity contribution in [3.8, 4) is 11.1 Å². The highest BCUT2D eigenvalue weighted by atomic mass is 31.2. The second-order valence-electron chi connectivity index (χ2n) is 7.72. The SMILES string of the molecule is CNC(=O)C(C(=O)NO)N(C)C(=O)c1ccc(-c2ccc(C(CCOP(=O)(O)O)NC(=O)O)cc2)cc1. The first-order valence-corrected chi connectivity index (χ1v) is 12.2. The third-order valence-electron chi connectivity index (χ3n) is 5.30. The lowest BCUT2D eigenvalue weighted by Crippen LogP contribution is -2.54. The molecule has 0 aromatic heterocycles. The van der Waals surface area contributed by atoms with E-state index in [4.69, 9.17) is 20.1 Å². The Bertz CT molecular complexity index is 1150. The summed E-state index contributed by atoms with van der Waals surface area (Å²) >= 11 is 0. The first-order valence-electron chi connectivity index (χ1n) is 10.7. The van der Waals surface area contributed by atoms with Gasteiger partial charge in [-0.05, 0) is 35.2 Å². The molecule has 0 bridgehead atoms. The fraction of sp³-hybridized carbons (Fsp3) is 0.273. The van der Waals surface area contributed by atoms with E-state index in [1.807, 2.05) is 0 Å². The zero-order valence-corrected chi connectivity index (χ0v) is 20.7. The van der Waals surface area contributed by atoms with Crippen LogP contribution in [0.2, 0.25) is 0 Å². The number of carbonyl (C=O) groups is 4. The van der Waals surface area contributed by atoms with Crippen LogP contribution in [0, 0.1) is 0 Å². The second kappa shape index (κ2) is 12.9. The van der Waals surface area contributed by atoms with E-state index in [9.17, 15) is 23.7 Å². The molecule has 14 nitrogen and oxygen atoms in total. The molecule has 0 aliphatic carbocycles. The van der Waals surface area contributed by atoms with Crippen molar-refractivity contribution in [1.82, 2.24) is 21.0 Å². The van der Waals surface area contributed by atoms with Crippen LogP contribution in [0.5, 0.6) is 0 Å². The van der Waals surface area contributed by atoms with E-state index in [0.29, 0.717) is 11.1 Å². The van der Waals surface area contributed by atoms with Gasteiger partial charge in [-0.25, -0.2) is 14.8 Å². The number of phosphoric acid groups is 1. The molecule has 2 rings (SSSR count). The van der Waals surface area contributed by atoms with Crippen molar-refractivity contribution < 1.29 is 48.4 Å². The van der Waals surface area contributed by atoms with Crippen molar-refractivity contribution in [1.29, 1.82) is 0 Å². The van der Waals surface area contributed by atoms with E-state index in [1.165, 1.54) is 31.7 Å². The Hall–Kier alpha value is -3.81. The lowest BCUT2D eigenvalue weighted by Gasteiger charge is -2.25. The Morgan fingerprint density at radius 3 is 1.97 bits per heavy atom. The average molecular weight is 538 g/mol. The zero-order chi connectivity index (χ0) is 27.8. The normalized spacial score (nSPS) is 12.7. The van der Waals surface area contributed by atoms with Gasteiger partial charge in [0, 0.05) is 19.7 Å². The summed E-state index contributed by atoms with van der Waals surface area (Å²) in [6.45, 7) is -0.373. The summed E-state index contributed by atoms with van der Waals surface area (Å²) in [5, 5.41) is 22.5. The molecular formula is C22H27N4O10P. The highest BCUT2D eigenvalue weighted by molar-refractivity contribution is 7.46. The minimum absolute atomic E-state index is 0.0214. The molecule has 0 aliphatic rings. The van der Waals surface area contributed by atoms with E-state index >= 15 is 0 Å². The third-order valence-corrected chi connectivity index (χ3v) is 5.82. The van der Waals surface area contributed by atoms with E-state index in [0.717, 1.165) is 10.5 Å². The molecule has 15 heteroatoms. The molecule has 2 aromatic carbocycles. The average Bonchev–Trinajstić information content (AvgIpc) is 2.86. The van der Waals surface area contributed by atoms with Gasteiger partial charge in [0.2, 0.25) is 0 Å². The number of rotatable bonds is 11. The highest BCUT2D eigenvalue weighted by Gasteiger charge is 2.33. The number of hydrogen-bond donors (Lipinski definition) is 7. The summed E-state index contributed by atoms with van der Waals surface area (Å²) in [6, 6.07) is 10.6. The van der Waals surface area contributed by atoms with Crippen molar-refractivity contribution in [2.24, 2.45) is 0 Å². The minimum Gasteiger partial charge on any atom is -0.465 e. The minimum atomic E-state index is -4.69. The zero-order valence-electron chi connectivity index (χ0n) is 19.8. The fourth-order valence-electron chi connectivity index (χ4n) is 3.46. The summed E-state index contributed by atoms with van der Waals surface area (Å²) in [5.74, 6) is -2.50. The van der Waals surface area contributed by atoms with Crippen molar-refractivity contribution in [2.75, 3.05) is 20.7 Å². The number of hydroxylamine groups is 1. The molecule has 37 heavy (non-hydrogen) atoms. The smallest absolute Gasteiger partial charge is 0.465 e. The Morgan fingerprint density at radius 2 is 1.51 bits per heavy atom. The molecule has 2 aromatic rings. The number of nitrogens with zero attached hydrogens (tertiary/aromatic N) is 1. The molecule has 0 saturated carbocycles.